The molecule has 2 heterocycles. The monoisotopic (exact) mass is 776 g/mol. The van der Waals surface area contributed by atoms with Gasteiger partial charge in [0.25, 0.3) is 5.91 Å². The molecule has 54 heavy (non-hydrogen) atoms. The second-order valence-corrected chi connectivity index (χ2v) is 14.5. The van der Waals surface area contributed by atoms with Crippen molar-refractivity contribution in [1.82, 2.24) is 14.7 Å². The number of hydrogen-bond acceptors (Lipinski definition) is 7. The molecule has 1 atom stereocenters. The van der Waals surface area contributed by atoms with E-state index in [1.165, 1.54) is 6.07 Å². The van der Waals surface area contributed by atoms with Crippen LogP contribution in [0.1, 0.15) is 36.5 Å². The zero-order valence-electron chi connectivity index (χ0n) is 30.5. The lowest BCUT2D eigenvalue weighted by atomic mass is 9.89. The SMILES string of the molecule is CCOc1cccc(F)c1CN1CCN(C(=O)[C@H](OC(N)=O)C2CCN(CCc3cc(Cl)ccc3-c3cccc(OCc4ccccc4)c3Cl)CC2)CC1. The van der Waals surface area contributed by atoms with Gasteiger partial charge in [-0.2, -0.15) is 0 Å². The summed E-state index contributed by atoms with van der Waals surface area (Å²) in [6.45, 7) is 7.30. The summed E-state index contributed by atoms with van der Waals surface area (Å²) in [6.07, 6.45) is 0.165. The quantitative estimate of drug-likeness (QED) is 0.139. The number of piperazine rings is 1. The predicted molar refractivity (Wildman–Crippen MR) is 209 cm³/mol. The third kappa shape index (κ3) is 10.0. The number of benzene rings is 4. The summed E-state index contributed by atoms with van der Waals surface area (Å²) in [4.78, 5) is 32.0. The number of likely N-dealkylation sites (tertiary alicyclic amines) is 1. The Morgan fingerprint density at radius 3 is 2.28 bits per heavy atom. The molecule has 4 aromatic rings. The summed E-state index contributed by atoms with van der Waals surface area (Å²) in [5.41, 5.74) is 9.98. The molecular formula is C42H47Cl2FN4O5. The molecule has 0 aromatic heterocycles. The van der Waals surface area contributed by atoms with Crippen LogP contribution in [0.5, 0.6) is 11.5 Å². The largest absolute Gasteiger partial charge is 0.493 e. The molecule has 6 rings (SSSR count). The number of hydrogen-bond donors (Lipinski definition) is 1. The second-order valence-electron chi connectivity index (χ2n) is 13.7. The van der Waals surface area contributed by atoms with Crippen molar-refractivity contribution in [3.8, 4) is 22.6 Å². The molecule has 0 radical (unpaired) electrons. The summed E-state index contributed by atoms with van der Waals surface area (Å²) in [5.74, 6) is 0.440. The maximum absolute atomic E-state index is 14.7. The molecule has 2 amide bonds. The van der Waals surface area contributed by atoms with Crippen LogP contribution in [-0.4, -0.2) is 85.2 Å². The zero-order valence-corrected chi connectivity index (χ0v) is 32.0. The van der Waals surface area contributed by atoms with Crippen LogP contribution < -0.4 is 15.2 Å². The van der Waals surface area contributed by atoms with Crippen LogP contribution in [0.4, 0.5) is 9.18 Å². The van der Waals surface area contributed by atoms with Crippen LogP contribution in [0, 0.1) is 11.7 Å². The first-order valence-corrected chi connectivity index (χ1v) is 19.3. The first kappa shape index (κ1) is 39.3. The van der Waals surface area contributed by atoms with Crippen LogP contribution in [0.25, 0.3) is 11.1 Å². The number of rotatable bonds is 14. The second kappa shape index (κ2) is 18.8. The van der Waals surface area contributed by atoms with E-state index in [1.54, 1.807) is 17.0 Å². The van der Waals surface area contributed by atoms with Gasteiger partial charge in [-0.25, -0.2) is 9.18 Å². The topological polar surface area (TPSA) is 97.6 Å². The molecule has 0 aliphatic carbocycles. The maximum Gasteiger partial charge on any atom is 0.405 e. The van der Waals surface area contributed by atoms with Gasteiger partial charge in [0.2, 0.25) is 0 Å². The molecule has 4 aromatic carbocycles. The van der Waals surface area contributed by atoms with Gasteiger partial charge in [-0.1, -0.05) is 77.8 Å². The van der Waals surface area contributed by atoms with Crippen LogP contribution in [-0.2, 0) is 29.1 Å². The molecule has 0 spiro atoms. The lowest BCUT2D eigenvalue weighted by Crippen LogP contribution is -2.54. The highest BCUT2D eigenvalue weighted by Crippen LogP contribution is 2.38. The molecule has 2 aliphatic heterocycles. The van der Waals surface area contributed by atoms with Gasteiger partial charge in [0.15, 0.2) is 6.10 Å². The van der Waals surface area contributed by atoms with E-state index in [9.17, 15) is 14.0 Å². The van der Waals surface area contributed by atoms with Gasteiger partial charge < -0.3 is 29.7 Å². The molecular weight excluding hydrogens is 730 g/mol. The number of nitrogens with zero attached hydrogens (tertiary/aromatic N) is 3. The number of halogens is 3. The van der Waals surface area contributed by atoms with E-state index < -0.39 is 12.2 Å². The fourth-order valence-electron chi connectivity index (χ4n) is 7.34. The van der Waals surface area contributed by atoms with Gasteiger partial charge in [0.05, 0.1) is 11.6 Å². The molecule has 0 bridgehead atoms. The van der Waals surface area contributed by atoms with Crippen molar-refractivity contribution in [3.63, 3.8) is 0 Å². The van der Waals surface area contributed by atoms with E-state index in [-0.39, 0.29) is 17.6 Å². The van der Waals surface area contributed by atoms with Crippen molar-refractivity contribution in [2.45, 2.75) is 45.4 Å². The average molecular weight is 778 g/mol. The van der Waals surface area contributed by atoms with Gasteiger partial charge in [0, 0.05) is 61.3 Å². The normalized spacial score (nSPS) is 16.2. The standard InChI is InChI=1S/C42H47Cl2FN4O5/c1-2-52-37-12-7-11-36(45)35(37)27-48-22-24-49(25-23-48)41(50)40(54-42(46)51)30-16-19-47(20-17-30)21-18-31-26-32(43)14-15-33(31)34-10-6-13-38(39(34)44)53-28-29-8-4-3-5-9-29/h3-15,26,30,40H,2,16-25,27-28H2,1H3,(H2,46,51)/t40-/m1/s1. The highest BCUT2D eigenvalue weighted by Gasteiger charge is 2.38. The van der Waals surface area contributed by atoms with Gasteiger partial charge >= 0.3 is 6.09 Å². The molecule has 2 saturated heterocycles. The van der Waals surface area contributed by atoms with Gasteiger partial charge in [-0.05, 0) is 86.3 Å². The van der Waals surface area contributed by atoms with Crippen molar-refractivity contribution < 1.29 is 28.2 Å². The molecule has 0 unspecified atom stereocenters. The third-order valence-corrected chi connectivity index (χ3v) is 10.9. The Hall–Kier alpha value is -4.35. The highest BCUT2D eigenvalue weighted by molar-refractivity contribution is 6.35. The molecule has 9 nitrogen and oxygen atoms in total. The first-order chi connectivity index (χ1) is 26.2. The van der Waals surface area contributed by atoms with Crippen molar-refractivity contribution >= 4 is 35.2 Å². The zero-order chi connectivity index (χ0) is 38.0. The Balaban J connectivity index is 1.04. The summed E-state index contributed by atoms with van der Waals surface area (Å²) in [6, 6.07) is 26.5. The first-order valence-electron chi connectivity index (χ1n) is 18.5. The average Bonchev–Trinajstić information content (AvgIpc) is 3.18. The van der Waals surface area contributed by atoms with Crippen molar-refractivity contribution in [3.05, 3.63) is 117 Å². The summed E-state index contributed by atoms with van der Waals surface area (Å²) in [5, 5.41) is 1.19. The smallest absolute Gasteiger partial charge is 0.405 e. The van der Waals surface area contributed by atoms with E-state index in [0.717, 1.165) is 48.3 Å². The van der Waals surface area contributed by atoms with Crippen molar-refractivity contribution in [2.75, 3.05) is 52.4 Å². The molecule has 286 valence electrons. The third-order valence-electron chi connectivity index (χ3n) is 10.2. The highest BCUT2D eigenvalue weighted by atomic mass is 35.5. The van der Waals surface area contributed by atoms with Crippen molar-refractivity contribution in [2.24, 2.45) is 11.7 Å². The number of piperidine rings is 1. The van der Waals surface area contributed by atoms with E-state index in [0.29, 0.717) is 85.9 Å². The number of ether oxygens (including phenoxy) is 3. The molecule has 2 fully saturated rings. The Morgan fingerprint density at radius 1 is 0.833 bits per heavy atom. The summed E-state index contributed by atoms with van der Waals surface area (Å²) in [7, 11) is 0. The number of carbonyl (C=O) groups is 2. The number of primary amides is 1. The minimum absolute atomic E-state index is 0.161. The minimum atomic E-state index is -0.959. The van der Waals surface area contributed by atoms with Crippen LogP contribution in [0.15, 0.2) is 84.9 Å². The van der Waals surface area contributed by atoms with E-state index in [4.69, 9.17) is 43.1 Å². The molecule has 2 aliphatic rings. The van der Waals surface area contributed by atoms with Crippen LogP contribution in [0.3, 0.4) is 0 Å². The molecule has 0 saturated carbocycles. The summed E-state index contributed by atoms with van der Waals surface area (Å²) < 4.78 is 31.9. The number of carbonyl (C=O) groups excluding carboxylic acids is 2. The fraction of sp³-hybridized carbons (Fsp3) is 0.381. The van der Waals surface area contributed by atoms with Crippen LogP contribution in [0.2, 0.25) is 10.0 Å². The fourth-order valence-corrected chi connectivity index (χ4v) is 7.82. The van der Waals surface area contributed by atoms with Crippen LogP contribution >= 0.6 is 23.2 Å². The summed E-state index contributed by atoms with van der Waals surface area (Å²) >= 11 is 13.4. The molecule has 2 N–H and O–H groups in total. The van der Waals surface area contributed by atoms with Gasteiger partial charge in [-0.3, -0.25) is 9.69 Å². The Morgan fingerprint density at radius 2 is 1.56 bits per heavy atom. The minimum Gasteiger partial charge on any atom is -0.493 e. The Kier molecular flexibility index (Phi) is 13.7. The maximum atomic E-state index is 14.7. The van der Waals surface area contributed by atoms with E-state index in [1.807, 2.05) is 73.7 Å². The van der Waals surface area contributed by atoms with Gasteiger partial charge in [0.1, 0.15) is 23.9 Å². The van der Waals surface area contributed by atoms with Gasteiger partial charge in [-0.15, -0.1) is 0 Å². The van der Waals surface area contributed by atoms with Crippen molar-refractivity contribution in [1.29, 1.82) is 0 Å². The number of nitrogens with two attached hydrogens (primary N) is 1. The lowest BCUT2D eigenvalue weighted by Gasteiger charge is -2.39. The molecule has 12 heteroatoms. The predicted octanol–water partition coefficient (Wildman–Crippen LogP) is 7.84. The lowest BCUT2D eigenvalue weighted by molar-refractivity contribution is -0.146. The van der Waals surface area contributed by atoms with E-state index >= 15 is 0 Å². The Bertz CT molecular complexity index is 1880. The number of amides is 2. The Labute approximate surface area is 326 Å². The van der Waals surface area contributed by atoms with E-state index in [2.05, 4.69) is 9.80 Å².